The monoisotopic (exact) mass is 282 g/mol. The molecule has 20 heavy (non-hydrogen) atoms. The Morgan fingerprint density at radius 3 is 2.55 bits per heavy atom. The van der Waals surface area contributed by atoms with Crippen LogP contribution in [0.1, 0.15) is 30.6 Å². The molecule has 7 heteroatoms. The van der Waals surface area contributed by atoms with Gasteiger partial charge in [-0.05, 0) is 24.5 Å². The summed E-state index contributed by atoms with van der Waals surface area (Å²) in [7, 11) is 0. The van der Waals surface area contributed by atoms with Crippen LogP contribution in [-0.2, 0) is 0 Å². The molecule has 0 spiro atoms. The zero-order valence-electron chi connectivity index (χ0n) is 11.4. The number of carboxylic acid groups (broad SMARTS) is 1. The molecular weight excluding hydrogens is 264 g/mol. The summed E-state index contributed by atoms with van der Waals surface area (Å²) in [5, 5.41) is 32.2. The summed E-state index contributed by atoms with van der Waals surface area (Å²) in [5.41, 5.74) is -0.752. The SMILES string of the molecule is CC(C)CC(CO)Nc1cccc(C(=O)O)c1[N+](=O)[O-]. The molecule has 110 valence electrons. The largest absolute Gasteiger partial charge is 0.477 e. The lowest BCUT2D eigenvalue weighted by Gasteiger charge is -2.19. The molecule has 1 atom stereocenters. The molecule has 0 saturated heterocycles. The molecule has 0 heterocycles. The number of hydrogen-bond donors (Lipinski definition) is 3. The summed E-state index contributed by atoms with van der Waals surface area (Å²) in [6, 6.07) is 3.69. The van der Waals surface area contributed by atoms with Crippen LogP contribution in [0.15, 0.2) is 18.2 Å². The molecule has 0 aliphatic rings. The molecule has 3 N–H and O–H groups in total. The van der Waals surface area contributed by atoms with Crippen molar-refractivity contribution in [2.45, 2.75) is 26.3 Å². The van der Waals surface area contributed by atoms with Crippen LogP contribution in [0.2, 0.25) is 0 Å². The molecule has 0 aliphatic heterocycles. The zero-order valence-corrected chi connectivity index (χ0v) is 11.4. The van der Waals surface area contributed by atoms with Crippen molar-refractivity contribution in [3.8, 4) is 0 Å². The number of aliphatic hydroxyl groups is 1. The number of aromatic carboxylic acids is 1. The number of nitro benzene ring substituents is 1. The quantitative estimate of drug-likeness (QED) is 0.521. The van der Waals surface area contributed by atoms with E-state index in [0.717, 1.165) is 0 Å². The van der Waals surface area contributed by atoms with Crippen molar-refractivity contribution >= 4 is 17.3 Å². The van der Waals surface area contributed by atoms with Gasteiger partial charge in [0.1, 0.15) is 11.3 Å². The van der Waals surface area contributed by atoms with Crippen LogP contribution in [0.4, 0.5) is 11.4 Å². The Morgan fingerprint density at radius 2 is 2.10 bits per heavy atom. The number of nitrogens with one attached hydrogen (secondary N) is 1. The third kappa shape index (κ3) is 3.92. The number of nitro groups is 1. The first-order valence-electron chi connectivity index (χ1n) is 6.24. The minimum Gasteiger partial charge on any atom is -0.477 e. The third-order valence-electron chi connectivity index (χ3n) is 2.78. The molecule has 1 rings (SSSR count). The smallest absolute Gasteiger partial charge is 0.342 e. The summed E-state index contributed by atoms with van der Waals surface area (Å²) >= 11 is 0. The van der Waals surface area contributed by atoms with Crippen LogP contribution < -0.4 is 5.32 Å². The van der Waals surface area contributed by atoms with Crippen LogP contribution in [0.25, 0.3) is 0 Å². The second-order valence-corrected chi connectivity index (χ2v) is 4.92. The van der Waals surface area contributed by atoms with Gasteiger partial charge in [0.15, 0.2) is 0 Å². The fourth-order valence-corrected chi connectivity index (χ4v) is 2.00. The van der Waals surface area contributed by atoms with E-state index in [9.17, 15) is 20.0 Å². The van der Waals surface area contributed by atoms with Gasteiger partial charge in [0.25, 0.3) is 0 Å². The molecule has 7 nitrogen and oxygen atoms in total. The second kappa shape index (κ2) is 6.85. The van der Waals surface area contributed by atoms with Crippen LogP contribution in [0.5, 0.6) is 0 Å². The first-order valence-corrected chi connectivity index (χ1v) is 6.24. The Balaban J connectivity index is 3.14. The van der Waals surface area contributed by atoms with Gasteiger partial charge >= 0.3 is 11.7 Å². The molecular formula is C13H18N2O5. The van der Waals surface area contributed by atoms with E-state index in [1.54, 1.807) is 0 Å². The number of para-hydroxylation sites is 1. The zero-order chi connectivity index (χ0) is 15.3. The topological polar surface area (TPSA) is 113 Å². The predicted molar refractivity (Wildman–Crippen MR) is 74.0 cm³/mol. The summed E-state index contributed by atoms with van der Waals surface area (Å²) < 4.78 is 0. The van der Waals surface area contributed by atoms with Gasteiger partial charge in [0, 0.05) is 6.04 Å². The number of anilines is 1. The van der Waals surface area contributed by atoms with Crippen LogP contribution in [0, 0.1) is 16.0 Å². The lowest BCUT2D eigenvalue weighted by atomic mass is 10.0. The maximum Gasteiger partial charge on any atom is 0.342 e. The van der Waals surface area contributed by atoms with Gasteiger partial charge in [-0.3, -0.25) is 10.1 Å². The lowest BCUT2D eigenvalue weighted by molar-refractivity contribution is -0.384. The lowest BCUT2D eigenvalue weighted by Crippen LogP contribution is -2.26. The molecule has 0 aliphatic carbocycles. The first-order chi connectivity index (χ1) is 9.36. The highest BCUT2D eigenvalue weighted by atomic mass is 16.6. The number of benzene rings is 1. The van der Waals surface area contributed by atoms with E-state index in [2.05, 4.69) is 5.32 Å². The van der Waals surface area contributed by atoms with Gasteiger partial charge in [-0.2, -0.15) is 0 Å². The van der Waals surface area contributed by atoms with E-state index in [4.69, 9.17) is 5.11 Å². The van der Waals surface area contributed by atoms with Crippen molar-refractivity contribution in [2.75, 3.05) is 11.9 Å². The van der Waals surface area contributed by atoms with Crippen molar-refractivity contribution in [2.24, 2.45) is 5.92 Å². The van der Waals surface area contributed by atoms with Crippen molar-refractivity contribution in [3.63, 3.8) is 0 Å². The standard InChI is InChI=1S/C13H18N2O5/c1-8(2)6-9(7-16)14-11-5-3-4-10(13(17)18)12(11)15(19)20/h3-5,8-9,14,16H,6-7H2,1-2H3,(H,17,18). The maximum absolute atomic E-state index is 11.1. The molecule has 1 unspecified atom stereocenters. The normalized spacial score (nSPS) is 12.2. The van der Waals surface area contributed by atoms with Crippen molar-refractivity contribution < 1.29 is 19.9 Å². The Hall–Kier alpha value is -2.15. The molecule has 0 bridgehead atoms. The fraction of sp³-hybridized carbons (Fsp3) is 0.462. The van der Waals surface area contributed by atoms with Gasteiger partial charge < -0.3 is 15.5 Å². The highest BCUT2D eigenvalue weighted by Crippen LogP contribution is 2.29. The molecule has 1 aromatic carbocycles. The number of carboxylic acids is 1. The number of nitrogens with zero attached hydrogens (tertiary/aromatic N) is 1. The van der Waals surface area contributed by atoms with Crippen molar-refractivity contribution in [3.05, 3.63) is 33.9 Å². The number of hydrogen-bond acceptors (Lipinski definition) is 5. The highest BCUT2D eigenvalue weighted by Gasteiger charge is 2.25. The summed E-state index contributed by atoms with van der Waals surface area (Å²) in [6.45, 7) is 3.74. The Morgan fingerprint density at radius 1 is 1.45 bits per heavy atom. The predicted octanol–water partition coefficient (Wildman–Crippen LogP) is 2.11. The third-order valence-corrected chi connectivity index (χ3v) is 2.78. The van der Waals surface area contributed by atoms with Gasteiger partial charge in [-0.15, -0.1) is 0 Å². The number of carbonyl (C=O) groups is 1. The molecule has 0 radical (unpaired) electrons. The van der Waals surface area contributed by atoms with E-state index in [0.29, 0.717) is 12.3 Å². The van der Waals surface area contributed by atoms with Gasteiger partial charge in [-0.1, -0.05) is 19.9 Å². The molecule has 0 amide bonds. The van der Waals surface area contributed by atoms with E-state index < -0.39 is 16.6 Å². The van der Waals surface area contributed by atoms with Gasteiger partial charge in [-0.25, -0.2) is 4.79 Å². The van der Waals surface area contributed by atoms with E-state index >= 15 is 0 Å². The van der Waals surface area contributed by atoms with Gasteiger partial charge in [0.2, 0.25) is 0 Å². The Bertz CT molecular complexity index is 502. The van der Waals surface area contributed by atoms with Crippen LogP contribution in [0.3, 0.4) is 0 Å². The maximum atomic E-state index is 11.1. The minimum absolute atomic E-state index is 0.106. The van der Waals surface area contributed by atoms with E-state index in [-0.39, 0.29) is 23.9 Å². The summed E-state index contributed by atoms with van der Waals surface area (Å²) in [5.74, 6) is -1.06. The molecule has 0 aromatic heterocycles. The molecule has 0 saturated carbocycles. The van der Waals surface area contributed by atoms with Crippen LogP contribution >= 0.6 is 0 Å². The average molecular weight is 282 g/mol. The fourth-order valence-electron chi connectivity index (χ4n) is 2.00. The average Bonchev–Trinajstić information content (AvgIpc) is 2.36. The van der Waals surface area contributed by atoms with Crippen molar-refractivity contribution in [1.82, 2.24) is 0 Å². The Kier molecular flexibility index (Phi) is 5.45. The Labute approximate surface area is 116 Å². The number of aliphatic hydroxyl groups excluding tert-OH is 1. The van der Waals surface area contributed by atoms with Crippen molar-refractivity contribution in [1.29, 1.82) is 0 Å². The second-order valence-electron chi connectivity index (χ2n) is 4.92. The highest BCUT2D eigenvalue weighted by molar-refractivity contribution is 5.95. The molecule has 1 aromatic rings. The van der Waals surface area contributed by atoms with E-state index in [1.807, 2.05) is 13.8 Å². The van der Waals surface area contributed by atoms with Crippen LogP contribution in [-0.4, -0.2) is 33.8 Å². The van der Waals surface area contributed by atoms with Gasteiger partial charge in [0.05, 0.1) is 11.5 Å². The minimum atomic E-state index is -1.36. The molecule has 0 fully saturated rings. The summed E-state index contributed by atoms with van der Waals surface area (Å²) in [6.07, 6.45) is 0.616. The van der Waals surface area contributed by atoms with E-state index in [1.165, 1.54) is 18.2 Å². The number of rotatable bonds is 7. The summed E-state index contributed by atoms with van der Waals surface area (Å²) in [4.78, 5) is 21.4. The first kappa shape index (κ1) is 15.9.